The van der Waals surface area contributed by atoms with E-state index >= 15 is 0 Å². The number of hydrogen-bond acceptors (Lipinski definition) is 8. The third-order valence-electron chi connectivity index (χ3n) is 8.77. The van der Waals surface area contributed by atoms with Gasteiger partial charge in [0.2, 0.25) is 10.0 Å². The van der Waals surface area contributed by atoms with Gasteiger partial charge in [-0.2, -0.15) is 14.9 Å². The van der Waals surface area contributed by atoms with Gasteiger partial charge in [-0.05, 0) is 76.2 Å². The van der Waals surface area contributed by atoms with Crippen LogP contribution in [0, 0.1) is 6.92 Å². The Labute approximate surface area is 245 Å². The molecule has 222 valence electrons. The first-order valence-electron chi connectivity index (χ1n) is 14.5. The van der Waals surface area contributed by atoms with E-state index in [9.17, 15) is 13.2 Å². The number of pyridine rings is 1. The number of hydrogen-bond donors (Lipinski definition) is 1. The SMILES string of the molecule is Cc1ccc(-n2nc(C3CCN(C4CCC(N(C)S(C)(=O)=O)CC4)CC3)cc2NC(=O)c2cnn3cccnc23)nc1. The first-order valence-corrected chi connectivity index (χ1v) is 16.3. The molecule has 0 unspecified atom stereocenters. The molecule has 0 spiro atoms. The number of aryl methyl sites for hydroxylation is 1. The lowest BCUT2D eigenvalue weighted by Crippen LogP contribution is -2.46. The highest BCUT2D eigenvalue weighted by Crippen LogP contribution is 2.34. The average Bonchev–Trinajstić information content (AvgIpc) is 3.62. The lowest BCUT2D eigenvalue weighted by Gasteiger charge is -2.41. The predicted molar refractivity (Wildman–Crippen MR) is 159 cm³/mol. The first kappa shape index (κ1) is 28.4. The maximum absolute atomic E-state index is 13.3. The van der Waals surface area contributed by atoms with E-state index in [0.717, 1.165) is 62.9 Å². The number of fused-ring (bicyclic) bond motifs is 1. The molecule has 1 N–H and O–H groups in total. The van der Waals surface area contributed by atoms with Crippen molar-refractivity contribution in [3.8, 4) is 5.82 Å². The van der Waals surface area contributed by atoms with Crippen molar-refractivity contribution >= 4 is 27.4 Å². The molecule has 1 saturated heterocycles. The van der Waals surface area contributed by atoms with E-state index in [1.807, 2.05) is 25.1 Å². The van der Waals surface area contributed by atoms with Crippen molar-refractivity contribution in [1.82, 2.24) is 38.6 Å². The quantitative estimate of drug-likeness (QED) is 0.347. The van der Waals surface area contributed by atoms with Gasteiger partial charge in [-0.15, -0.1) is 0 Å². The number of amides is 1. The van der Waals surface area contributed by atoms with Crippen LogP contribution in [0.1, 0.15) is 66.1 Å². The molecule has 2 aliphatic rings. The summed E-state index contributed by atoms with van der Waals surface area (Å²) >= 11 is 0. The smallest absolute Gasteiger partial charge is 0.262 e. The molecule has 0 aromatic carbocycles. The van der Waals surface area contributed by atoms with Crippen LogP contribution in [-0.4, -0.2) is 91.4 Å². The molecule has 0 atom stereocenters. The molecular formula is C29H37N9O3S. The highest BCUT2D eigenvalue weighted by Gasteiger charge is 2.33. The van der Waals surface area contributed by atoms with Gasteiger partial charge in [0.1, 0.15) is 11.4 Å². The highest BCUT2D eigenvalue weighted by molar-refractivity contribution is 7.88. The predicted octanol–water partition coefficient (Wildman–Crippen LogP) is 3.25. The van der Waals surface area contributed by atoms with Crippen molar-refractivity contribution in [3.05, 3.63) is 65.9 Å². The largest absolute Gasteiger partial charge is 0.306 e. The van der Waals surface area contributed by atoms with Crippen molar-refractivity contribution in [2.24, 2.45) is 0 Å². The summed E-state index contributed by atoms with van der Waals surface area (Å²) in [7, 11) is -1.47. The minimum absolute atomic E-state index is 0.0956. The van der Waals surface area contributed by atoms with Gasteiger partial charge in [-0.1, -0.05) is 6.07 Å². The number of nitrogens with one attached hydrogen (secondary N) is 1. The number of sulfonamides is 1. The standard InChI is InChI=1S/C29H37N9O3S/c1-20-5-10-26(31-18-20)38-27(33-29(39)24-19-32-37-14-4-13-30-28(24)37)17-25(34-38)21-11-15-36(16-12-21)23-8-6-22(7-9-23)35(2)42(3,40)41/h4-5,10,13-14,17-19,21-23H,6-9,11-12,15-16H2,1-3H3,(H,33,39). The third kappa shape index (κ3) is 5.81. The van der Waals surface area contributed by atoms with Gasteiger partial charge in [0.05, 0.1) is 18.1 Å². The van der Waals surface area contributed by atoms with E-state index in [1.54, 1.807) is 40.9 Å². The zero-order valence-electron chi connectivity index (χ0n) is 24.2. The van der Waals surface area contributed by atoms with Gasteiger partial charge in [-0.25, -0.2) is 27.2 Å². The van der Waals surface area contributed by atoms with Crippen LogP contribution < -0.4 is 5.32 Å². The van der Waals surface area contributed by atoms with Crippen LogP contribution in [0.3, 0.4) is 0 Å². The summed E-state index contributed by atoms with van der Waals surface area (Å²) in [5.74, 6) is 1.14. The Bertz CT molecular complexity index is 1670. The Kier molecular flexibility index (Phi) is 7.81. The van der Waals surface area contributed by atoms with Crippen LogP contribution >= 0.6 is 0 Å². The molecule has 0 bridgehead atoms. The van der Waals surface area contributed by atoms with Crippen LogP contribution in [0.25, 0.3) is 11.5 Å². The van der Waals surface area contributed by atoms with Crippen molar-refractivity contribution < 1.29 is 13.2 Å². The van der Waals surface area contributed by atoms with Crippen LogP contribution in [-0.2, 0) is 10.0 Å². The maximum Gasteiger partial charge on any atom is 0.262 e. The molecule has 4 aromatic heterocycles. The van der Waals surface area contributed by atoms with E-state index in [2.05, 4.69) is 25.3 Å². The van der Waals surface area contributed by atoms with Crippen molar-refractivity contribution in [3.63, 3.8) is 0 Å². The molecule has 1 amide bonds. The number of aromatic nitrogens is 6. The van der Waals surface area contributed by atoms with Crippen molar-refractivity contribution in [2.45, 2.75) is 63.5 Å². The molecule has 1 aliphatic carbocycles. The maximum atomic E-state index is 13.3. The summed E-state index contributed by atoms with van der Waals surface area (Å²) in [6.45, 7) is 3.91. The zero-order valence-corrected chi connectivity index (χ0v) is 25.0. The van der Waals surface area contributed by atoms with E-state index in [4.69, 9.17) is 5.10 Å². The Balaban J connectivity index is 1.16. The molecule has 6 rings (SSSR count). The second-order valence-electron chi connectivity index (χ2n) is 11.5. The second-order valence-corrected chi connectivity index (χ2v) is 13.6. The summed E-state index contributed by atoms with van der Waals surface area (Å²) in [6, 6.07) is 8.19. The summed E-state index contributed by atoms with van der Waals surface area (Å²) in [5.41, 5.74) is 2.84. The molecule has 4 aromatic rings. The zero-order chi connectivity index (χ0) is 29.4. The van der Waals surface area contributed by atoms with E-state index in [1.165, 1.54) is 16.8 Å². The Morgan fingerprint density at radius 3 is 2.50 bits per heavy atom. The van der Waals surface area contributed by atoms with Gasteiger partial charge in [0.25, 0.3) is 5.91 Å². The molecule has 1 saturated carbocycles. The van der Waals surface area contributed by atoms with Crippen LogP contribution in [0.15, 0.2) is 49.1 Å². The molecule has 42 heavy (non-hydrogen) atoms. The van der Waals surface area contributed by atoms with Gasteiger partial charge in [0.15, 0.2) is 11.5 Å². The fraction of sp³-hybridized carbons (Fsp3) is 0.483. The number of likely N-dealkylation sites (tertiary alicyclic amines) is 1. The lowest BCUT2D eigenvalue weighted by atomic mass is 9.87. The van der Waals surface area contributed by atoms with Gasteiger partial charge in [-0.3, -0.25) is 4.79 Å². The molecule has 2 fully saturated rings. The summed E-state index contributed by atoms with van der Waals surface area (Å²) in [5, 5.41) is 12.2. The second kappa shape index (κ2) is 11.5. The fourth-order valence-electron chi connectivity index (χ4n) is 6.24. The molecule has 5 heterocycles. The van der Waals surface area contributed by atoms with Crippen LogP contribution in [0.2, 0.25) is 0 Å². The summed E-state index contributed by atoms with van der Waals surface area (Å²) in [4.78, 5) is 24.8. The molecule has 1 aliphatic heterocycles. The van der Waals surface area contributed by atoms with E-state index in [0.29, 0.717) is 28.9 Å². The number of rotatable bonds is 7. The Morgan fingerprint density at radius 2 is 1.81 bits per heavy atom. The van der Waals surface area contributed by atoms with Crippen molar-refractivity contribution in [2.75, 3.05) is 31.7 Å². The summed E-state index contributed by atoms with van der Waals surface area (Å²) in [6.07, 6.45) is 13.7. The number of carbonyl (C=O) groups is 1. The fourth-order valence-corrected chi connectivity index (χ4v) is 6.99. The normalized spacial score (nSPS) is 20.8. The highest BCUT2D eigenvalue weighted by atomic mass is 32.2. The molecule has 12 nitrogen and oxygen atoms in total. The van der Waals surface area contributed by atoms with Gasteiger partial charge in [0, 0.05) is 49.7 Å². The van der Waals surface area contributed by atoms with Crippen LogP contribution in [0.5, 0.6) is 0 Å². The summed E-state index contributed by atoms with van der Waals surface area (Å²) < 4.78 is 28.7. The molecule has 13 heteroatoms. The van der Waals surface area contributed by atoms with Gasteiger partial charge < -0.3 is 10.2 Å². The molecule has 0 radical (unpaired) electrons. The Morgan fingerprint density at radius 1 is 1.05 bits per heavy atom. The lowest BCUT2D eigenvalue weighted by molar-refractivity contribution is 0.102. The monoisotopic (exact) mass is 591 g/mol. The third-order valence-corrected chi connectivity index (χ3v) is 10.1. The van der Waals surface area contributed by atoms with Crippen LogP contribution in [0.4, 0.5) is 5.82 Å². The van der Waals surface area contributed by atoms with E-state index in [-0.39, 0.29) is 17.9 Å². The Hall–Kier alpha value is -3.68. The minimum atomic E-state index is -3.16. The topological polar surface area (TPSA) is 131 Å². The minimum Gasteiger partial charge on any atom is -0.306 e. The average molecular weight is 592 g/mol. The van der Waals surface area contributed by atoms with Gasteiger partial charge >= 0.3 is 0 Å². The number of anilines is 1. The number of nitrogens with zero attached hydrogens (tertiary/aromatic N) is 8. The number of piperidine rings is 1. The first-order chi connectivity index (χ1) is 20.2. The number of carbonyl (C=O) groups excluding carboxylic acids is 1. The van der Waals surface area contributed by atoms with Crippen molar-refractivity contribution in [1.29, 1.82) is 0 Å². The van der Waals surface area contributed by atoms with E-state index < -0.39 is 10.0 Å². The molecular weight excluding hydrogens is 554 g/mol.